The fraction of sp³-hybridized carbons (Fsp3) is 0.167. The van der Waals surface area contributed by atoms with Gasteiger partial charge in [0.1, 0.15) is 10.0 Å². The molecule has 0 amide bonds. The van der Waals surface area contributed by atoms with Gasteiger partial charge in [0.05, 0.1) is 0 Å². The molecule has 0 aliphatic heterocycles. The van der Waals surface area contributed by atoms with Crippen LogP contribution in [0.15, 0.2) is 17.2 Å². The van der Waals surface area contributed by atoms with E-state index in [1.807, 2.05) is 0 Å². The fourth-order valence-corrected chi connectivity index (χ4v) is 1.70. The highest BCUT2D eigenvalue weighted by atomic mass is 35.5. The Bertz CT molecular complexity index is 401. The van der Waals surface area contributed by atoms with Crippen LogP contribution in [0.3, 0.4) is 0 Å². The van der Waals surface area contributed by atoms with Crippen molar-refractivity contribution in [2.45, 2.75) is 11.8 Å². The summed E-state index contributed by atoms with van der Waals surface area (Å²) in [5, 5.41) is -0.219. The van der Waals surface area contributed by atoms with E-state index in [4.69, 9.17) is 16.2 Å². The number of nitrogens with zero attached hydrogens (tertiary/aromatic N) is 1. The van der Waals surface area contributed by atoms with Gasteiger partial charge >= 0.3 is 0 Å². The summed E-state index contributed by atoms with van der Waals surface area (Å²) in [4.78, 5) is 3.21. The first-order chi connectivity index (χ1) is 5.41. The van der Waals surface area contributed by atoms with Gasteiger partial charge in [-0.15, -0.1) is 0 Å². The van der Waals surface area contributed by atoms with Crippen LogP contribution in [-0.2, 0) is 10.1 Å². The van der Waals surface area contributed by atoms with Crippen molar-refractivity contribution in [3.63, 3.8) is 0 Å². The molecule has 6 heteroatoms. The molecular weight excluding hydrogens is 202 g/mol. The molecule has 0 aliphatic rings. The minimum absolute atomic E-state index is 0.219. The van der Waals surface area contributed by atoms with E-state index < -0.39 is 10.1 Å². The van der Waals surface area contributed by atoms with Crippen LogP contribution in [0.25, 0.3) is 0 Å². The summed E-state index contributed by atoms with van der Waals surface area (Å²) >= 11 is 5.43. The summed E-state index contributed by atoms with van der Waals surface area (Å²) in [7, 11) is -4.25. The highest BCUT2D eigenvalue weighted by molar-refractivity contribution is 7.86. The minimum Gasteiger partial charge on any atom is -0.282 e. The normalized spacial score (nSPS) is 11.6. The maximum atomic E-state index is 10.6. The molecule has 0 atom stereocenters. The molecule has 1 aromatic rings. The Kier molecular flexibility index (Phi) is 2.36. The van der Waals surface area contributed by atoms with Crippen molar-refractivity contribution in [3.8, 4) is 0 Å². The van der Waals surface area contributed by atoms with Crippen molar-refractivity contribution in [2.24, 2.45) is 0 Å². The summed E-state index contributed by atoms with van der Waals surface area (Å²) in [6, 6.07) is 1.25. The molecule has 0 fully saturated rings. The van der Waals surface area contributed by atoms with Crippen LogP contribution in [0.1, 0.15) is 5.56 Å². The molecule has 1 N–H and O–H groups in total. The van der Waals surface area contributed by atoms with E-state index in [1.165, 1.54) is 12.3 Å². The average Bonchev–Trinajstić information content (AvgIpc) is 1.92. The van der Waals surface area contributed by atoms with E-state index in [-0.39, 0.29) is 10.0 Å². The second-order valence-corrected chi connectivity index (χ2v) is 4.02. The molecule has 0 saturated carbocycles. The Hall–Kier alpha value is -0.650. The van der Waals surface area contributed by atoms with Gasteiger partial charge < -0.3 is 0 Å². The summed E-state index contributed by atoms with van der Waals surface area (Å²) in [6.07, 6.45) is 1.41. The van der Waals surface area contributed by atoms with Gasteiger partial charge in [0.15, 0.2) is 0 Å². The van der Waals surface area contributed by atoms with Crippen LogP contribution in [0.4, 0.5) is 0 Å². The van der Waals surface area contributed by atoms with Crippen LogP contribution in [0.2, 0.25) is 5.15 Å². The van der Waals surface area contributed by atoms with Crippen LogP contribution < -0.4 is 0 Å². The molecule has 0 radical (unpaired) electrons. The van der Waals surface area contributed by atoms with Gasteiger partial charge in [0.25, 0.3) is 10.1 Å². The van der Waals surface area contributed by atoms with Gasteiger partial charge in [0.2, 0.25) is 0 Å². The highest BCUT2D eigenvalue weighted by Gasteiger charge is 2.14. The molecule has 1 rings (SSSR count). The first-order valence-corrected chi connectivity index (χ1v) is 4.82. The van der Waals surface area contributed by atoms with Gasteiger partial charge in [-0.1, -0.05) is 11.6 Å². The molecule has 0 saturated heterocycles. The topological polar surface area (TPSA) is 67.3 Å². The van der Waals surface area contributed by atoms with E-state index in [2.05, 4.69) is 4.98 Å². The van der Waals surface area contributed by atoms with E-state index in [1.54, 1.807) is 6.92 Å². The quantitative estimate of drug-likeness (QED) is 0.557. The summed E-state index contributed by atoms with van der Waals surface area (Å²) in [6.45, 7) is 1.65. The number of hydrogen-bond donors (Lipinski definition) is 1. The Morgan fingerprint density at radius 1 is 1.58 bits per heavy atom. The Balaban J connectivity index is 3.43. The van der Waals surface area contributed by atoms with E-state index in [9.17, 15) is 8.42 Å². The smallest absolute Gasteiger partial charge is 0.282 e. The van der Waals surface area contributed by atoms with Gasteiger partial charge in [-0.25, -0.2) is 4.98 Å². The molecule has 1 aromatic heterocycles. The lowest BCUT2D eigenvalue weighted by molar-refractivity contribution is 0.483. The zero-order valence-electron chi connectivity index (χ0n) is 6.15. The van der Waals surface area contributed by atoms with Gasteiger partial charge in [-0.2, -0.15) is 8.42 Å². The van der Waals surface area contributed by atoms with Gasteiger partial charge in [-0.05, 0) is 18.6 Å². The fourth-order valence-electron chi connectivity index (χ4n) is 0.707. The Morgan fingerprint density at radius 3 is 2.58 bits per heavy atom. The minimum atomic E-state index is -4.25. The molecule has 0 aromatic carbocycles. The first-order valence-electron chi connectivity index (χ1n) is 3.01. The maximum Gasteiger partial charge on any atom is 0.297 e. The van der Waals surface area contributed by atoms with E-state index in [0.717, 1.165) is 0 Å². The standard InChI is InChI=1S/C6H6ClNO3S/c1-4-2-5(12(9,10)11)6(7)8-3-4/h2-3H,1H3,(H,9,10,11). The lowest BCUT2D eigenvalue weighted by Crippen LogP contribution is -2.00. The first kappa shape index (κ1) is 9.44. The van der Waals surface area contributed by atoms with Crippen molar-refractivity contribution in [2.75, 3.05) is 0 Å². The number of aryl methyl sites for hydroxylation is 1. The largest absolute Gasteiger partial charge is 0.297 e. The second-order valence-electron chi connectivity index (χ2n) is 2.28. The summed E-state index contributed by atoms with van der Waals surface area (Å²) < 4.78 is 29.9. The summed E-state index contributed by atoms with van der Waals surface area (Å²) in [5.41, 5.74) is 0.618. The Morgan fingerprint density at radius 2 is 2.17 bits per heavy atom. The van der Waals surface area contributed by atoms with Crippen LogP contribution in [0.5, 0.6) is 0 Å². The van der Waals surface area contributed by atoms with Crippen LogP contribution in [-0.4, -0.2) is 18.0 Å². The number of pyridine rings is 1. The number of rotatable bonds is 1. The predicted octanol–water partition coefficient (Wildman–Crippen LogP) is 1.29. The molecule has 0 spiro atoms. The second kappa shape index (κ2) is 3.01. The molecule has 66 valence electrons. The Labute approximate surface area is 74.9 Å². The third-order valence-corrected chi connectivity index (χ3v) is 2.50. The number of halogens is 1. The highest BCUT2D eigenvalue weighted by Crippen LogP contribution is 2.18. The molecule has 1 heterocycles. The maximum absolute atomic E-state index is 10.6. The molecule has 4 nitrogen and oxygen atoms in total. The number of aromatic nitrogens is 1. The monoisotopic (exact) mass is 207 g/mol. The molecule has 0 aliphatic carbocycles. The van der Waals surface area contributed by atoms with Crippen molar-refractivity contribution < 1.29 is 13.0 Å². The zero-order chi connectivity index (χ0) is 9.35. The van der Waals surface area contributed by atoms with E-state index >= 15 is 0 Å². The molecule has 12 heavy (non-hydrogen) atoms. The lowest BCUT2D eigenvalue weighted by atomic mass is 10.3. The third-order valence-electron chi connectivity index (χ3n) is 1.22. The van der Waals surface area contributed by atoms with Gasteiger partial charge in [-0.3, -0.25) is 4.55 Å². The van der Waals surface area contributed by atoms with Crippen molar-refractivity contribution in [1.82, 2.24) is 4.98 Å². The molecule has 0 bridgehead atoms. The average molecular weight is 208 g/mol. The lowest BCUT2D eigenvalue weighted by Gasteiger charge is -1.99. The van der Waals surface area contributed by atoms with Crippen molar-refractivity contribution in [3.05, 3.63) is 23.0 Å². The molecule has 0 unspecified atom stereocenters. The van der Waals surface area contributed by atoms with Crippen molar-refractivity contribution in [1.29, 1.82) is 0 Å². The number of hydrogen-bond acceptors (Lipinski definition) is 3. The summed E-state index contributed by atoms with van der Waals surface area (Å²) in [5.74, 6) is 0. The zero-order valence-corrected chi connectivity index (χ0v) is 7.72. The van der Waals surface area contributed by atoms with Gasteiger partial charge in [0, 0.05) is 6.20 Å². The SMILES string of the molecule is Cc1cnc(Cl)c(S(=O)(=O)O)c1. The third kappa shape index (κ3) is 1.94. The van der Waals surface area contributed by atoms with Crippen molar-refractivity contribution >= 4 is 21.7 Å². The van der Waals surface area contributed by atoms with E-state index in [0.29, 0.717) is 5.56 Å². The predicted molar refractivity (Wildman–Crippen MR) is 43.8 cm³/mol. The van der Waals surface area contributed by atoms with Crippen LogP contribution >= 0.6 is 11.6 Å². The molecular formula is C6H6ClNO3S. The van der Waals surface area contributed by atoms with Crippen LogP contribution in [0, 0.1) is 6.92 Å².